The van der Waals surface area contributed by atoms with Gasteiger partial charge >= 0.3 is 0 Å². The quantitative estimate of drug-likeness (QED) is 0.617. The molecule has 0 aliphatic rings. The van der Waals surface area contributed by atoms with Crippen LogP contribution in [0.25, 0.3) is 0 Å². The lowest BCUT2D eigenvalue weighted by Crippen LogP contribution is -2.22. The lowest BCUT2D eigenvalue weighted by atomic mass is 10.4. The summed E-state index contributed by atoms with van der Waals surface area (Å²) in [5.41, 5.74) is 0.404. The Morgan fingerprint density at radius 1 is 1.56 bits per heavy atom. The molecule has 18 heavy (non-hydrogen) atoms. The van der Waals surface area contributed by atoms with Crippen molar-refractivity contribution >= 4 is 39.9 Å². The number of rotatable bonds is 7. The second kappa shape index (κ2) is 7.53. The van der Waals surface area contributed by atoms with Gasteiger partial charge in [0.1, 0.15) is 5.69 Å². The van der Waals surface area contributed by atoms with E-state index in [1.807, 2.05) is 6.92 Å². The van der Waals surface area contributed by atoms with Crippen LogP contribution in [0.1, 0.15) is 44.1 Å². The maximum absolute atomic E-state index is 11.8. The van der Waals surface area contributed by atoms with Gasteiger partial charge in [0.25, 0.3) is 0 Å². The number of nitrogens with one attached hydrogen (secondary N) is 1. The van der Waals surface area contributed by atoms with Crippen molar-refractivity contribution in [3.63, 3.8) is 0 Å². The number of hydrogen-bond acceptors (Lipinski definition) is 5. The molecule has 1 aromatic rings. The molecule has 0 aromatic carbocycles. The van der Waals surface area contributed by atoms with E-state index in [0.717, 1.165) is 18.6 Å². The number of aromatic nitrogens is 1. The number of carbonyl (C=O) groups is 2. The van der Waals surface area contributed by atoms with E-state index in [4.69, 9.17) is 0 Å². The second-order valence-corrected chi connectivity index (χ2v) is 6.26. The molecule has 0 saturated heterocycles. The Bertz CT molecular complexity index is 418. The average molecular weight is 286 g/mol. The minimum absolute atomic E-state index is 0.0550. The third kappa shape index (κ3) is 4.78. The highest BCUT2D eigenvalue weighted by Gasteiger charge is 2.15. The summed E-state index contributed by atoms with van der Waals surface area (Å²) < 4.78 is 0. The van der Waals surface area contributed by atoms with Crippen molar-refractivity contribution in [1.29, 1.82) is 0 Å². The monoisotopic (exact) mass is 286 g/mol. The molecule has 1 N–H and O–H groups in total. The van der Waals surface area contributed by atoms with Crippen molar-refractivity contribution < 1.29 is 9.59 Å². The molecule has 0 radical (unpaired) electrons. The van der Waals surface area contributed by atoms with E-state index in [9.17, 15) is 9.59 Å². The molecule has 6 heteroatoms. The number of anilines is 1. The Morgan fingerprint density at radius 2 is 2.28 bits per heavy atom. The highest BCUT2D eigenvalue weighted by atomic mass is 32.2. The molecule has 0 aliphatic heterocycles. The van der Waals surface area contributed by atoms with Crippen molar-refractivity contribution in [3.05, 3.63) is 11.1 Å². The number of thiazole rings is 1. The van der Waals surface area contributed by atoms with Crippen LogP contribution in [0.4, 0.5) is 5.13 Å². The number of Topliss-reactive ketones (excluding diaryl/α,β-unsaturated/α-hetero) is 1. The highest BCUT2D eigenvalue weighted by molar-refractivity contribution is 8.00. The van der Waals surface area contributed by atoms with Gasteiger partial charge in [-0.3, -0.25) is 9.59 Å². The molecule has 0 aliphatic carbocycles. The highest BCUT2D eigenvalue weighted by Crippen LogP contribution is 2.19. The van der Waals surface area contributed by atoms with Crippen LogP contribution in [0.15, 0.2) is 5.38 Å². The van der Waals surface area contributed by atoms with Crippen molar-refractivity contribution in [1.82, 2.24) is 4.98 Å². The lowest BCUT2D eigenvalue weighted by molar-refractivity contribution is -0.115. The van der Waals surface area contributed by atoms with E-state index >= 15 is 0 Å². The van der Waals surface area contributed by atoms with Crippen molar-refractivity contribution in [3.8, 4) is 0 Å². The van der Waals surface area contributed by atoms with Gasteiger partial charge in [0, 0.05) is 12.3 Å². The molecule has 1 rings (SSSR count). The van der Waals surface area contributed by atoms with Gasteiger partial charge in [-0.2, -0.15) is 0 Å². The standard InChI is InChI=1S/C12H18N2O2S2/c1-4-5-6-17-9(3)11(16)14-12-13-10(7-18-12)8(2)15/h7,9H,4-6H2,1-3H3,(H,13,14,16). The third-order valence-corrected chi connectivity index (χ3v) is 4.33. The Hall–Kier alpha value is -0.880. The summed E-state index contributed by atoms with van der Waals surface area (Å²) in [5.74, 6) is 0.847. The first-order chi connectivity index (χ1) is 8.54. The van der Waals surface area contributed by atoms with Gasteiger partial charge < -0.3 is 5.32 Å². The summed E-state index contributed by atoms with van der Waals surface area (Å²) in [6, 6.07) is 0. The minimum Gasteiger partial charge on any atom is -0.301 e. The molecular formula is C12H18N2O2S2. The number of hydrogen-bond donors (Lipinski definition) is 1. The van der Waals surface area contributed by atoms with Crippen molar-refractivity contribution in [2.45, 2.75) is 38.9 Å². The van der Waals surface area contributed by atoms with Crippen LogP contribution in [0.2, 0.25) is 0 Å². The normalized spacial score (nSPS) is 12.2. The number of unbranched alkanes of at least 4 members (excludes halogenated alkanes) is 1. The number of nitrogens with zero attached hydrogens (tertiary/aromatic N) is 1. The third-order valence-electron chi connectivity index (χ3n) is 2.33. The number of carbonyl (C=O) groups excluding carboxylic acids is 2. The number of amides is 1. The topological polar surface area (TPSA) is 59.1 Å². The fourth-order valence-corrected chi connectivity index (χ4v) is 2.95. The molecule has 100 valence electrons. The zero-order valence-corrected chi connectivity index (χ0v) is 12.5. The Labute approximate surface area is 116 Å². The first kappa shape index (κ1) is 15.2. The van der Waals surface area contributed by atoms with Gasteiger partial charge in [0.05, 0.1) is 5.25 Å². The van der Waals surface area contributed by atoms with Gasteiger partial charge in [-0.25, -0.2) is 4.98 Å². The predicted octanol–water partition coefficient (Wildman–Crippen LogP) is 3.21. The van der Waals surface area contributed by atoms with Gasteiger partial charge in [-0.05, 0) is 19.1 Å². The zero-order valence-electron chi connectivity index (χ0n) is 10.9. The van der Waals surface area contributed by atoms with E-state index in [1.165, 1.54) is 18.3 Å². The first-order valence-electron chi connectivity index (χ1n) is 5.93. The summed E-state index contributed by atoms with van der Waals surface area (Å²) >= 11 is 2.92. The Balaban J connectivity index is 2.45. The molecule has 0 bridgehead atoms. The summed E-state index contributed by atoms with van der Waals surface area (Å²) in [5, 5.41) is 4.80. The van der Waals surface area contributed by atoms with Gasteiger partial charge in [0.15, 0.2) is 10.9 Å². The fraction of sp³-hybridized carbons (Fsp3) is 0.583. The average Bonchev–Trinajstić information content (AvgIpc) is 2.77. The largest absolute Gasteiger partial charge is 0.301 e. The Kier molecular flexibility index (Phi) is 6.35. The number of thioether (sulfide) groups is 1. The molecule has 0 fully saturated rings. The van der Waals surface area contributed by atoms with Crippen LogP contribution in [-0.4, -0.2) is 27.7 Å². The molecule has 1 heterocycles. The van der Waals surface area contributed by atoms with Gasteiger partial charge in [-0.1, -0.05) is 13.3 Å². The van der Waals surface area contributed by atoms with Crippen LogP contribution in [0.3, 0.4) is 0 Å². The molecule has 1 atom stereocenters. The van der Waals surface area contributed by atoms with Crippen molar-refractivity contribution in [2.75, 3.05) is 11.1 Å². The molecule has 4 nitrogen and oxygen atoms in total. The molecule has 1 unspecified atom stereocenters. The van der Waals surface area contributed by atoms with E-state index in [0.29, 0.717) is 10.8 Å². The zero-order chi connectivity index (χ0) is 13.5. The van der Waals surface area contributed by atoms with Crippen LogP contribution in [0, 0.1) is 0 Å². The maximum atomic E-state index is 11.8. The second-order valence-electron chi connectivity index (χ2n) is 3.95. The Morgan fingerprint density at radius 3 is 2.83 bits per heavy atom. The summed E-state index contributed by atoms with van der Waals surface area (Å²) in [4.78, 5) is 27.0. The lowest BCUT2D eigenvalue weighted by Gasteiger charge is -2.09. The van der Waals surface area contributed by atoms with Gasteiger partial charge in [-0.15, -0.1) is 23.1 Å². The SMILES string of the molecule is CCCCSC(C)C(=O)Nc1nc(C(C)=O)cs1. The molecular weight excluding hydrogens is 268 g/mol. The molecule has 1 amide bonds. The van der Waals surface area contributed by atoms with Gasteiger partial charge in [0.2, 0.25) is 5.91 Å². The van der Waals surface area contributed by atoms with Crippen LogP contribution in [-0.2, 0) is 4.79 Å². The number of ketones is 1. The minimum atomic E-state index is -0.0961. The predicted molar refractivity (Wildman–Crippen MR) is 77.6 cm³/mol. The molecule has 0 saturated carbocycles. The molecule has 1 aromatic heterocycles. The summed E-state index contributed by atoms with van der Waals surface area (Å²) in [7, 11) is 0. The fourth-order valence-electron chi connectivity index (χ4n) is 1.18. The first-order valence-corrected chi connectivity index (χ1v) is 7.86. The van der Waals surface area contributed by atoms with E-state index in [-0.39, 0.29) is 16.9 Å². The van der Waals surface area contributed by atoms with Crippen LogP contribution < -0.4 is 5.32 Å². The summed E-state index contributed by atoms with van der Waals surface area (Å²) in [6.07, 6.45) is 2.25. The van der Waals surface area contributed by atoms with E-state index < -0.39 is 0 Å². The van der Waals surface area contributed by atoms with Crippen LogP contribution in [0.5, 0.6) is 0 Å². The summed E-state index contributed by atoms with van der Waals surface area (Å²) in [6.45, 7) is 5.48. The van der Waals surface area contributed by atoms with Crippen LogP contribution >= 0.6 is 23.1 Å². The molecule has 0 spiro atoms. The smallest absolute Gasteiger partial charge is 0.238 e. The van der Waals surface area contributed by atoms with Crippen molar-refractivity contribution in [2.24, 2.45) is 0 Å². The van der Waals surface area contributed by atoms with E-state index in [1.54, 1.807) is 17.1 Å². The maximum Gasteiger partial charge on any atom is 0.238 e. The van der Waals surface area contributed by atoms with E-state index in [2.05, 4.69) is 17.2 Å².